The molecule has 1 aromatic heterocycles. The molecule has 2 fully saturated rings. The van der Waals surface area contributed by atoms with Gasteiger partial charge in [-0.15, -0.1) is 0 Å². The average molecular weight is 387 g/mol. The Morgan fingerprint density at radius 2 is 2.14 bits per heavy atom. The number of anilines is 1. The summed E-state index contributed by atoms with van der Waals surface area (Å²) in [5.74, 6) is 0.954. The van der Waals surface area contributed by atoms with Gasteiger partial charge in [-0.1, -0.05) is 0 Å². The molecule has 4 rings (SSSR count). The SMILES string of the molecule is CCOC(=O)CC1CCN(C2CCC3(CC2)C(=O)Nc2cnc(OC)cc23)C1. The minimum Gasteiger partial charge on any atom is -0.481 e. The van der Waals surface area contributed by atoms with E-state index in [2.05, 4.69) is 15.2 Å². The molecule has 0 aromatic carbocycles. The van der Waals surface area contributed by atoms with E-state index in [4.69, 9.17) is 9.47 Å². The van der Waals surface area contributed by atoms with Gasteiger partial charge in [0.05, 0.1) is 31.0 Å². The molecule has 152 valence electrons. The Balaban J connectivity index is 1.39. The fourth-order valence-electron chi connectivity index (χ4n) is 5.18. The van der Waals surface area contributed by atoms with Crippen molar-refractivity contribution >= 4 is 17.6 Å². The van der Waals surface area contributed by atoms with Crippen LogP contribution in [0.5, 0.6) is 5.88 Å². The van der Waals surface area contributed by atoms with Crippen LogP contribution in [-0.4, -0.2) is 54.6 Å². The molecule has 0 radical (unpaired) electrons. The first-order valence-electron chi connectivity index (χ1n) is 10.3. The molecule has 1 aromatic rings. The van der Waals surface area contributed by atoms with Gasteiger partial charge < -0.3 is 19.7 Å². The first kappa shape index (κ1) is 19.2. The number of carbonyl (C=O) groups excluding carboxylic acids is 2. The van der Waals surface area contributed by atoms with E-state index in [0.29, 0.717) is 30.9 Å². The number of likely N-dealkylation sites (tertiary alicyclic amines) is 1. The number of fused-ring (bicyclic) bond motifs is 2. The second kappa shape index (κ2) is 7.70. The summed E-state index contributed by atoms with van der Waals surface area (Å²) in [6.45, 7) is 4.28. The average Bonchev–Trinajstić information content (AvgIpc) is 3.26. The number of nitrogens with zero attached hydrogens (tertiary/aromatic N) is 2. The Labute approximate surface area is 165 Å². The highest BCUT2D eigenvalue weighted by Gasteiger charge is 2.50. The van der Waals surface area contributed by atoms with E-state index in [-0.39, 0.29) is 11.9 Å². The van der Waals surface area contributed by atoms with E-state index in [0.717, 1.165) is 56.4 Å². The van der Waals surface area contributed by atoms with Gasteiger partial charge in [-0.25, -0.2) is 4.98 Å². The van der Waals surface area contributed by atoms with E-state index >= 15 is 0 Å². The summed E-state index contributed by atoms with van der Waals surface area (Å²) in [6.07, 6.45) is 6.92. The zero-order valence-electron chi connectivity index (χ0n) is 16.7. The maximum absolute atomic E-state index is 12.8. The first-order chi connectivity index (χ1) is 13.6. The summed E-state index contributed by atoms with van der Waals surface area (Å²) in [5, 5.41) is 3.01. The third-order valence-electron chi connectivity index (χ3n) is 6.69. The van der Waals surface area contributed by atoms with Crippen molar-refractivity contribution in [1.82, 2.24) is 9.88 Å². The molecule has 1 amide bonds. The topological polar surface area (TPSA) is 80.8 Å². The summed E-state index contributed by atoms with van der Waals surface area (Å²) < 4.78 is 10.4. The maximum Gasteiger partial charge on any atom is 0.306 e. The fourth-order valence-corrected chi connectivity index (χ4v) is 5.18. The minimum absolute atomic E-state index is 0.0845. The molecule has 1 aliphatic carbocycles. The Morgan fingerprint density at radius 1 is 1.36 bits per heavy atom. The number of carbonyl (C=O) groups is 2. The van der Waals surface area contributed by atoms with Crippen LogP contribution in [0.2, 0.25) is 0 Å². The second-order valence-corrected chi connectivity index (χ2v) is 8.20. The van der Waals surface area contributed by atoms with Crippen molar-refractivity contribution in [3.05, 3.63) is 17.8 Å². The van der Waals surface area contributed by atoms with E-state index in [1.54, 1.807) is 13.3 Å². The molecule has 1 atom stereocenters. The molecular formula is C21H29N3O4. The Hall–Kier alpha value is -2.15. The van der Waals surface area contributed by atoms with Crippen LogP contribution in [-0.2, 0) is 19.7 Å². The van der Waals surface area contributed by atoms with Crippen molar-refractivity contribution in [1.29, 1.82) is 0 Å². The van der Waals surface area contributed by atoms with Crippen LogP contribution >= 0.6 is 0 Å². The van der Waals surface area contributed by atoms with Crippen molar-refractivity contribution in [3.8, 4) is 5.88 Å². The third-order valence-corrected chi connectivity index (χ3v) is 6.69. The lowest BCUT2D eigenvalue weighted by Crippen LogP contribution is -2.44. The lowest BCUT2D eigenvalue weighted by molar-refractivity contribution is -0.144. The Morgan fingerprint density at radius 3 is 2.86 bits per heavy atom. The van der Waals surface area contributed by atoms with Crippen molar-refractivity contribution in [3.63, 3.8) is 0 Å². The number of hydrogen-bond acceptors (Lipinski definition) is 6. The maximum atomic E-state index is 12.8. The monoisotopic (exact) mass is 387 g/mol. The van der Waals surface area contributed by atoms with Gasteiger partial charge in [0.15, 0.2) is 0 Å². The molecule has 3 aliphatic rings. The zero-order valence-corrected chi connectivity index (χ0v) is 16.7. The Kier molecular flexibility index (Phi) is 5.27. The predicted molar refractivity (Wildman–Crippen MR) is 104 cm³/mol. The van der Waals surface area contributed by atoms with Crippen LogP contribution in [0, 0.1) is 5.92 Å². The second-order valence-electron chi connectivity index (χ2n) is 8.20. The predicted octanol–water partition coefficient (Wildman–Crippen LogP) is 2.50. The van der Waals surface area contributed by atoms with Crippen LogP contribution in [0.3, 0.4) is 0 Å². The van der Waals surface area contributed by atoms with Crippen molar-refractivity contribution < 1.29 is 19.1 Å². The molecule has 7 nitrogen and oxygen atoms in total. The molecule has 28 heavy (non-hydrogen) atoms. The highest BCUT2D eigenvalue weighted by molar-refractivity contribution is 6.06. The molecule has 1 spiro atoms. The van der Waals surface area contributed by atoms with Gasteiger partial charge >= 0.3 is 5.97 Å². The van der Waals surface area contributed by atoms with Gasteiger partial charge in [0.25, 0.3) is 0 Å². The molecule has 0 bridgehead atoms. The van der Waals surface area contributed by atoms with Crippen molar-refractivity contribution in [2.24, 2.45) is 5.92 Å². The smallest absolute Gasteiger partial charge is 0.306 e. The number of aromatic nitrogens is 1. The molecule has 1 N–H and O–H groups in total. The van der Waals surface area contributed by atoms with Crippen LogP contribution in [0.15, 0.2) is 12.3 Å². The van der Waals surface area contributed by atoms with Crippen LogP contribution in [0.4, 0.5) is 5.69 Å². The molecule has 1 saturated heterocycles. The van der Waals surface area contributed by atoms with Crippen LogP contribution in [0.25, 0.3) is 0 Å². The van der Waals surface area contributed by atoms with E-state index in [9.17, 15) is 9.59 Å². The number of ether oxygens (including phenoxy) is 2. The van der Waals surface area contributed by atoms with Crippen LogP contribution < -0.4 is 10.1 Å². The van der Waals surface area contributed by atoms with Gasteiger partial charge in [0, 0.05) is 25.1 Å². The van der Waals surface area contributed by atoms with Crippen molar-refractivity contribution in [2.45, 2.75) is 56.9 Å². The molecule has 2 aliphatic heterocycles. The molecular weight excluding hydrogens is 358 g/mol. The van der Waals surface area contributed by atoms with E-state index in [1.165, 1.54) is 0 Å². The molecule has 1 saturated carbocycles. The van der Waals surface area contributed by atoms with E-state index < -0.39 is 5.41 Å². The van der Waals surface area contributed by atoms with Crippen molar-refractivity contribution in [2.75, 3.05) is 32.1 Å². The quantitative estimate of drug-likeness (QED) is 0.782. The molecule has 3 heterocycles. The summed E-state index contributed by atoms with van der Waals surface area (Å²) in [5.41, 5.74) is 1.40. The lowest BCUT2D eigenvalue weighted by Gasteiger charge is -2.39. The highest BCUT2D eigenvalue weighted by atomic mass is 16.5. The number of methoxy groups -OCH3 is 1. The van der Waals surface area contributed by atoms with Gasteiger partial charge in [-0.05, 0) is 57.1 Å². The summed E-state index contributed by atoms with van der Waals surface area (Å²) in [4.78, 5) is 31.3. The number of pyridine rings is 1. The number of nitrogens with one attached hydrogen (secondary N) is 1. The fraction of sp³-hybridized carbons (Fsp3) is 0.667. The minimum atomic E-state index is -0.452. The third kappa shape index (κ3) is 3.36. The van der Waals surface area contributed by atoms with Gasteiger partial charge in [0.2, 0.25) is 11.8 Å². The van der Waals surface area contributed by atoms with Gasteiger partial charge in [-0.2, -0.15) is 0 Å². The zero-order chi connectivity index (χ0) is 19.7. The number of amides is 1. The highest BCUT2D eigenvalue weighted by Crippen LogP contribution is 2.49. The molecule has 1 unspecified atom stereocenters. The number of rotatable bonds is 5. The van der Waals surface area contributed by atoms with Crippen LogP contribution in [0.1, 0.15) is 51.0 Å². The summed E-state index contributed by atoms with van der Waals surface area (Å²) >= 11 is 0. The van der Waals surface area contributed by atoms with Gasteiger partial charge in [-0.3, -0.25) is 9.59 Å². The lowest BCUT2D eigenvalue weighted by atomic mass is 9.69. The number of hydrogen-bond donors (Lipinski definition) is 1. The first-order valence-corrected chi connectivity index (χ1v) is 10.3. The largest absolute Gasteiger partial charge is 0.481 e. The van der Waals surface area contributed by atoms with Gasteiger partial charge in [0.1, 0.15) is 0 Å². The Bertz CT molecular complexity index is 758. The summed E-state index contributed by atoms with van der Waals surface area (Å²) in [7, 11) is 1.60. The summed E-state index contributed by atoms with van der Waals surface area (Å²) in [6, 6.07) is 2.40. The normalized spacial score (nSPS) is 29.6. The molecule has 7 heteroatoms. The standard InChI is InChI=1S/C21H29N3O4/c1-3-28-19(25)10-14-6-9-24(13-14)15-4-7-21(8-5-15)16-11-18(27-2)22-12-17(16)23-20(21)26/h11-12,14-15H,3-10,13H2,1-2H3,(H,23,26). The van der Waals surface area contributed by atoms with E-state index in [1.807, 2.05) is 13.0 Å². The number of esters is 1.